The van der Waals surface area contributed by atoms with Crippen LogP contribution in [0.25, 0.3) is 22.3 Å². The van der Waals surface area contributed by atoms with Gasteiger partial charge in [-0.25, -0.2) is 0 Å². The maximum atomic E-state index is 2.44. The van der Waals surface area contributed by atoms with Crippen molar-refractivity contribution in [1.29, 1.82) is 0 Å². The van der Waals surface area contributed by atoms with Gasteiger partial charge in [0.2, 0.25) is 0 Å². The minimum absolute atomic E-state index is 0. The van der Waals surface area contributed by atoms with E-state index in [9.17, 15) is 0 Å². The Bertz CT molecular complexity index is 915. The van der Waals surface area contributed by atoms with Crippen molar-refractivity contribution in [3.8, 4) is 11.1 Å². The largest absolute Gasteiger partial charge is 0.0801 e. The van der Waals surface area contributed by atoms with Gasteiger partial charge < -0.3 is 0 Å². The molecule has 128 valence electrons. The fourth-order valence-electron chi connectivity index (χ4n) is 3.90. The first kappa shape index (κ1) is 19.1. The normalized spacial score (nSPS) is 15.2. The monoisotopic (exact) mass is 388 g/mol. The van der Waals surface area contributed by atoms with Crippen LogP contribution >= 0.6 is 0 Å². The summed E-state index contributed by atoms with van der Waals surface area (Å²) < 4.78 is 0. The van der Waals surface area contributed by atoms with Gasteiger partial charge in [-0.3, -0.25) is 0 Å². The van der Waals surface area contributed by atoms with Gasteiger partial charge in [0, 0.05) is 21.7 Å². The summed E-state index contributed by atoms with van der Waals surface area (Å²) in [5.41, 5.74) is 8.61. The number of rotatable bonds is 4. The first-order valence-corrected chi connectivity index (χ1v) is 12.1. The maximum absolute atomic E-state index is 2.44. The molecular weight excluding hydrogens is 364 g/mol. The average Bonchev–Trinajstić information content (AvgIpc) is 3.34. The first-order chi connectivity index (χ1) is 12.3. The van der Waals surface area contributed by atoms with E-state index in [1.807, 2.05) is 0 Å². The summed E-state index contributed by atoms with van der Waals surface area (Å²) in [6, 6.07) is 15.6. The van der Waals surface area contributed by atoms with E-state index in [0.717, 1.165) is 12.8 Å². The molecule has 0 N–H and O–H groups in total. The van der Waals surface area contributed by atoms with Gasteiger partial charge in [-0.15, -0.1) is 0 Å². The summed E-state index contributed by atoms with van der Waals surface area (Å²) in [6.45, 7) is 4.88. The zero-order valence-electron chi connectivity index (χ0n) is 15.5. The molecule has 0 aliphatic heterocycles. The third-order valence-electron chi connectivity index (χ3n) is 5.13. The summed E-state index contributed by atoms with van der Waals surface area (Å²) in [5, 5.41) is 1.59. The molecule has 2 aliphatic carbocycles. The predicted octanol–water partition coefficient (Wildman–Crippen LogP) is 5.73. The van der Waals surface area contributed by atoms with E-state index < -0.39 is 8.80 Å². The molecule has 0 aromatic heterocycles. The summed E-state index contributed by atoms with van der Waals surface area (Å²) in [6.07, 6.45) is 15.7. The van der Waals surface area contributed by atoms with Crippen molar-refractivity contribution >= 4 is 25.1 Å². The number of hydrogen-bond acceptors (Lipinski definition) is 0. The van der Waals surface area contributed by atoms with Gasteiger partial charge in [-0.2, -0.15) is 0 Å². The van der Waals surface area contributed by atoms with Gasteiger partial charge in [0.1, 0.15) is 0 Å². The number of allylic oxidation sites excluding steroid dienone is 8. The van der Waals surface area contributed by atoms with Crippen LogP contribution in [-0.2, 0) is 21.7 Å². The molecule has 0 fully saturated rings. The second-order valence-corrected chi connectivity index (χ2v) is 10.1. The molecule has 2 aliphatic rings. The van der Waals surface area contributed by atoms with E-state index in [-0.39, 0.29) is 21.7 Å². The fraction of sp³-hybridized carbons (Fsp3) is 0.167. The van der Waals surface area contributed by atoms with Crippen LogP contribution in [0.3, 0.4) is 0 Å². The van der Waals surface area contributed by atoms with Gasteiger partial charge in [-0.05, 0) is 46.2 Å². The third kappa shape index (κ3) is 3.57. The molecule has 0 heterocycles. The van der Waals surface area contributed by atoms with Crippen LogP contribution in [0.1, 0.15) is 24.0 Å². The van der Waals surface area contributed by atoms with Crippen molar-refractivity contribution in [3.63, 3.8) is 0 Å². The summed E-state index contributed by atoms with van der Waals surface area (Å²) in [7, 11) is -0.926. The summed E-state index contributed by atoms with van der Waals surface area (Å²) in [4.78, 5) is 0. The van der Waals surface area contributed by atoms with Gasteiger partial charge in [0.25, 0.3) is 0 Å². The molecule has 0 amide bonds. The Hall–Kier alpha value is -1.67. The first-order valence-electron chi connectivity index (χ1n) is 9.20. The number of benzene rings is 2. The van der Waals surface area contributed by atoms with E-state index in [2.05, 4.69) is 92.0 Å². The minimum atomic E-state index is -0.926. The average molecular weight is 388 g/mol. The van der Waals surface area contributed by atoms with Crippen LogP contribution in [0.2, 0.25) is 13.1 Å². The van der Waals surface area contributed by atoms with Gasteiger partial charge >= 0.3 is 0 Å². The maximum Gasteiger partial charge on any atom is 0.0655 e. The van der Waals surface area contributed by atoms with Crippen LogP contribution in [0, 0.1) is 0 Å². The molecule has 0 atom stereocenters. The molecule has 0 saturated carbocycles. The molecule has 26 heavy (non-hydrogen) atoms. The van der Waals surface area contributed by atoms with E-state index in [1.54, 1.807) is 5.19 Å². The molecule has 0 saturated heterocycles. The van der Waals surface area contributed by atoms with Crippen molar-refractivity contribution < 1.29 is 21.7 Å². The van der Waals surface area contributed by atoms with Crippen LogP contribution in [-0.4, -0.2) is 8.80 Å². The zero-order chi connectivity index (χ0) is 17.2. The molecule has 0 radical (unpaired) electrons. The Morgan fingerprint density at radius 1 is 0.731 bits per heavy atom. The van der Waals surface area contributed by atoms with Crippen molar-refractivity contribution in [3.05, 3.63) is 90.0 Å². The van der Waals surface area contributed by atoms with Crippen molar-refractivity contribution in [2.75, 3.05) is 0 Å². The second-order valence-electron chi connectivity index (χ2n) is 7.12. The van der Waals surface area contributed by atoms with Crippen molar-refractivity contribution in [2.24, 2.45) is 0 Å². The Labute approximate surface area is 173 Å². The van der Waals surface area contributed by atoms with E-state index in [1.165, 1.54) is 33.4 Å². The van der Waals surface area contributed by atoms with E-state index >= 15 is 0 Å². The smallest absolute Gasteiger partial charge is 0.0655 e. The van der Waals surface area contributed by atoms with Gasteiger partial charge in [0.05, 0.1) is 8.80 Å². The Morgan fingerprint density at radius 3 is 1.88 bits per heavy atom. The minimum Gasteiger partial charge on any atom is -0.0801 e. The van der Waals surface area contributed by atoms with Crippen LogP contribution < -0.4 is 5.19 Å². The third-order valence-corrected chi connectivity index (χ3v) is 6.85. The molecule has 2 heteroatoms. The summed E-state index contributed by atoms with van der Waals surface area (Å²) >= 11 is 0. The molecule has 2 aromatic carbocycles. The van der Waals surface area contributed by atoms with E-state index in [4.69, 9.17) is 0 Å². The summed E-state index contributed by atoms with van der Waals surface area (Å²) in [5.74, 6) is 0. The molecule has 0 unspecified atom stereocenters. The van der Waals surface area contributed by atoms with Crippen molar-refractivity contribution in [1.82, 2.24) is 0 Å². The van der Waals surface area contributed by atoms with Crippen LogP contribution in [0.15, 0.2) is 78.9 Å². The zero-order valence-corrected chi connectivity index (χ0v) is 18.2. The standard InChI is InChI=1S/C24H24Si.Ti/c1-25(2)22-17-16-21(18-10-4-3-5-11-18)23(19-12-6-7-13-19)24(22)20-14-8-9-15-20;/h3-12,14,16-17,25H,13,15H2,1-2H3;. The Balaban J connectivity index is 0.00000196. The molecule has 4 rings (SSSR count). The molecule has 0 bridgehead atoms. The second kappa shape index (κ2) is 8.35. The number of hydrogen-bond donors (Lipinski definition) is 0. The van der Waals surface area contributed by atoms with Crippen LogP contribution in [0.4, 0.5) is 0 Å². The fourth-order valence-corrected chi connectivity index (χ4v) is 5.29. The molecule has 2 aromatic rings. The Morgan fingerprint density at radius 2 is 1.35 bits per heavy atom. The van der Waals surface area contributed by atoms with Gasteiger partial charge in [-0.1, -0.05) is 97.2 Å². The topological polar surface area (TPSA) is 0 Å². The van der Waals surface area contributed by atoms with Crippen LogP contribution in [0.5, 0.6) is 0 Å². The molecule has 0 nitrogen and oxygen atoms in total. The quantitative estimate of drug-likeness (QED) is 0.587. The SMILES string of the molecule is C[SiH](C)c1ccc(-c2ccccc2)c(C2=CC=CC2)c1C1=CC=CC1.[Ti]. The molecular formula is C24H24SiTi. The van der Waals surface area contributed by atoms with E-state index in [0.29, 0.717) is 0 Å². The van der Waals surface area contributed by atoms with Crippen molar-refractivity contribution in [2.45, 2.75) is 25.9 Å². The van der Waals surface area contributed by atoms with Gasteiger partial charge in [0.15, 0.2) is 0 Å². The molecule has 0 spiro atoms. The predicted molar refractivity (Wildman–Crippen MR) is 114 cm³/mol. The Kier molecular flexibility index (Phi) is 6.13.